The molecule has 0 unspecified atom stereocenters. The maximum atomic E-state index is 12.7. The third-order valence-corrected chi connectivity index (χ3v) is 3.18. The van der Waals surface area contributed by atoms with Gasteiger partial charge in [0.2, 0.25) is 0 Å². The first kappa shape index (κ1) is 15.7. The van der Waals surface area contributed by atoms with Crippen LogP contribution in [0.15, 0.2) is 59.5 Å². The van der Waals surface area contributed by atoms with Gasteiger partial charge in [-0.1, -0.05) is 0 Å². The first-order valence-electron chi connectivity index (χ1n) is 7.01. The molecule has 6 nitrogen and oxygen atoms in total. The van der Waals surface area contributed by atoms with Gasteiger partial charge in [0.25, 0.3) is 5.91 Å². The zero-order valence-corrected chi connectivity index (χ0v) is 12.4. The summed E-state index contributed by atoms with van der Waals surface area (Å²) in [5.41, 5.74) is 0.554. The molecule has 0 spiro atoms. The Kier molecular flexibility index (Phi) is 4.55. The lowest BCUT2D eigenvalue weighted by atomic mass is 10.3. The smallest absolute Gasteiger partial charge is 0.320 e. The molecule has 124 valence electrons. The van der Waals surface area contributed by atoms with E-state index in [2.05, 4.69) is 10.3 Å². The molecule has 0 fully saturated rings. The highest BCUT2D eigenvalue weighted by Crippen LogP contribution is 2.19. The van der Waals surface area contributed by atoms with Crippen LogP contribution in [0.1, 0.15) is 22.9 Å². The minimum absolute atomic E-state index is 0.0879. The van der Waals surface area contributed by atoms with Crippen molar-refractivity contribution in [2.24, 2.45) is 0 Å². The maximum Gasteiger partial charge on any atom is 0.320 e. The number of hydrogen-bond donors (Lipinski definition) is 1. The Morgan fingerprint density at radius 3 is 2.75 bits per heavy atom. The summed E-state index contributed by atoms with van der Waals surface area (Å²) < 4.78 is 36.5. The molecule has 0 radical (unpaired) electrons. The molecule has 2 heterocycles. The second kappa shape index (κ2) is 6.95. The molecule has 0 aliphatic rings. The molecule has 0 aliphatic carbocycles. The van der Waals surface area contributed by atoms with Gasteiger partial charge in [0.1, 0.15) is 12.4 Å². The molecule has 0 atom stereocenters. The van der Waals surface area contributed by atoms with Gasteiger partial charge in [0.15, 0.2) is 11.6 Å². The third-order valence-electron chi connectivity index (χ3n) is 3.18. The number of nitrogens with one attached hydrogen (secondary N) is 1. The molecule has 8 heteroatoms. The summed E-state index contributed by atoms with van der Waals surface area (Å²) in [4.78, 5) is 15.7. The van der Waals surface area contributed by atoms with Crippen LogP contribution in [-0.4, -0.2) is 15.5 Å². The summed E-state index contributed by atoms with van der Waals surface area (Å²) in [5, 5.41) is 2.66. The highest BCUT2D eigenvalue weighted by molar-refractivity contribution is 6.02. The van der Waals surface area contributed by atoms with Gasteiger partial charge >= 0.3 is 6.55 Å². The summed E-state index contributed by atoms with van der Waals surface area (Å²) in [7, 11) is 0. The average molecular weight is 333 g/mol. The van der Waals surface area contributed by atoms with Gasteiger partial charge in [-0.3, -0.25) is 9.36 Å². The van der Waals surface area contributed by atoms with Crippen molar-refractivity contribution in [2.75, 3.05) is 5.32 Å². The van der Waals surface area contributed by atoms with Gasteiger partial charge in [0.05, 0.1) is 6.26 Å². The predicted octanol–water partition coefficient (Wildman–Crippen LogP) is 3.70. The number of carbonyl (C=O) groups excluding carboxylic acids is 1. The monoisotopic (exact) mass is 333 g/mol. The van der Waals surface area contributed by atoms with Crippen LogP contribution in [-0.2, 0) is 6.61 Å². The van der Waals surface area contributed by atoms with E-state index < -0.39 is 6.55 Å². The quantitative estimate of drug-likeness (QED) is 0.747. The first-order valence-corrected chi connectivity index (χ1v) is 7.01. The first-order chi connectivity index (χ1) is 11.6. The van der Waals surface area contributed by atoms with E-state index in [1.54, 1.807) is 36.4 Å². The van der Waals surface area contributed by atoms with Crippen LogP contribution in [0, 0.1) is 0 Å². The number of aromatic nitrogens is 2. The zero-order chi connectivity index (χ0) is 16.9. The number of carbonyl (C=O) groups is 1. The summed E-state index contributed by atoms with van der Waals surface area (Å²) in [6.45, 7) is -2.75. The largest absolute Gasteiger partial charge is 0.486 e. The minimum atomic E-state index is -2.66. The SMILES string of the molecule is O=C(Nc1ccc(OCc2nccn2C(F)F)cc1)c1ccco1. The molecular formula is C16H13F2N3O3. The summed E-state index contributed by atoms with van der Waals surface area (Å²) in [5.74, 6) is 0.428. The summed E-state index contributed by atoms with van der Waals surface area (Å²) in [6.07, 6.45) is 3.89. The van der Waals surface area contributed by atoms with E-state index in [9.17, 15) is 13.6 Å². The lowest BCUT2D eigenvalue weighted by molar-refractivity contribution is 0.0632. The minimum Gasteiger partial charge on any atom is -0.486 e. The molecule has 2 aromatic heterocycles. The molecule has 1 aromatic carbocycles. The Morgan fingerprint density at radius 2 is 2.08 bits per heavy atom. The van der Waals surface area contributed by atoms with Crippen molar-refractivity contribution in [3.8, 4) is 5.75 Å². The number of benzene rings is 1. The van der Waals surface area contributed by atoms with Crippen molar-refractivity contribution in [1.82, 2.24) is 9.55 Å². The average Bonchev–Trinajstić information content (AvgIpc) is 3.26. The van der Waals surface area contributed by atoms with E-state index in [1.165, 1.54) is 18.7 Å². The van der Waals surface area contributed by atoms with Crippen LogP contribution in [0.5, 0.6) is 5.75 Å². The van der Waals surface area contributed by atoms with Crippen LogP contribution >= 0.6 is 0 Å². The molecular weight excluding hydrogens is 320 g/mol. The lowest BCUT2D eigenvalue weighted by Crippen LogP contribution is -2.10. The van der Waals surface area contributed by atoms with Crippen LogP contribution in [0.3, 0.4) is 0 Å². The number of anilines is 1. The number of nitrogens with zero attached hydrogens (tertiary/aromatic N) is 2. The highest BCUT2D eigenvalue weighted by Gasteiger charge is 2.12. The summed E-state index contributed by atoms with van der Waals surface area (Å²) in [6, 6.07) is 9.68. The molecule has 0 saturated carbocycles. The molecule has 0 aliphatic heterocycles. The lowest BCUT2D eigenvalue weighted by Gasteiger charge is -2.09. The topological polar surface area (TPSA) is 69.3 Å². The van der Waals surface area contributed by atoms with Gasteiger partial charge < -0.3 is 14.5 Å². The van der Waals surface area contributed by atoms with Crippen molar-refractivity contribution >= 4 is 11.6 Å². The van der Waals surface area contributed by atoms with Gasteiger partial charge in [-0.25, -0.2) is 4.98 Å². The standard InChI is InChI=1S/C16H13F2N3O3/c17-16(18)21-8-7-19-14(21)10-24-12-5-3-11(4-6-12)20-15(22)13-2-1-9-23-13/h1-9,16H,10H2,(H,20,22). The van der Waals surface area contributed by atoms with E-state index in [1.807, 2.05) is 0 Å². The number of halogens is 2. The molecule has 1 amide bonds. The summed E-state index contributed by atoms with van der Waals surface area (Å²) >= 11 is 0. The Balaban J connectivity index is 1.58. The number of ether oxygens (including phenoxy) is 1. The second-order valence-electron chi connectivity index (χ2n) is 4.77. The van der Waals surface area contributed by atoms with E-state index in [0.29, 0.717) is 11.4 Å². The van der Waals surface area contributed by atoms with E-state index in [-0.39, 0.29) is 24.1 Å². The molecule has 0 bridgehead atoms. The Labute approximate surface area is 135 Å². The van der Waals surface area contributed by atoms with Gasteiger partial charge in [-0.2, -0.15) is 8.78 Å². The highest BCUT2D eigenvalue weighted by atomic mass is 19.3. The van der Waals surface area contributed by atoms with Gasteiger partial charge in [-0.05, 0) is 36.4 Å². The molecule has 1 N–H and O–H groups in total. The van der Waals surface area contributed by atoms with Gasteiger partial charge in [-0.15, -0.1) is 0 Å². The molecule has 0 saturated heterocycles. The molecule has 24 heavy (non-hydrogen) atoms. The van der Waals surface area contributed by atoms with E-state index >= 15 is 0 Å². The Bertz CT molecular complexity index is 798. The van der Waals surface area contributed by atoms with E-state index in [0.717, 1.165) is 4.57 Å². The van der Waals surface area contributed by atoms with Crippen molar-refractivity contribution in [1.29, 1.82) is 0 Å². The number of alkyl halides is 2. The van der Waals surface area contributed by atoms with Crippen molar-refractivity contribution in [3.05, 3.63) is 66.6 Å². The fraction of sp³-hybridized carbons (Fsp3) is 0.125. The zero-order valence-electron chi connectivity index (χ0n) is 12.4. The van der Waals surface area contributed by atoms with Crippen molar-refractivity contribution in [2.45, 2.75) is 13.2 Å². The molecule has 3 rings (SSSR count). The third kappa shape index (κ3) is 3.60. The van der Waals surface area contributed by atoms with Crippen molar-refractivity contribution < 1.29 is 22.7 Å². The second-order valence-corrected chi connectivity index (χ2v) is 4.77. The normalized spacial score (nSPS) is 10.8. The predicted molar refractivity (Wildman–Crippen MR) is 80.9 cm³/mol. The fourth-order valence-electron chi connectivity index (χ4n) is 2.02. The Hall–Kier alpha value is -3.16. The van der Waals surface area contributed by atoms with E-state index in [4.69, 9.17) is 9.15 Å². The van der Waals surface area contributed by atoms with Gasteiger partial charge in [0, 0.05) is 18.1 Å². The number of hydrogen-bond acceptors (Lipinski definition) is 4. The molecule has 3 aromatic rings. The number of imidazole rings is 1. The van der Waals surface area contributed by atoms with Crippen LogP contribution in [0.25, 0.3) is 0 Å². The van der Waals surface area contributed by atoms with Crippen molar-refractivity contribution in [3.63, 3.8) is 0 Å². The number of amides is 1. The van der Waals surface area contributed by atoms with Crippen LogP contribution in [0.2, 0.25) is 0 Å². The van der Waals surface area contributed by atoms with Crippen LogP contribution in [0.4, 0.5) is 14.5 Å². The number of rotatable bonds is 6. The fourth-order valence-corrected chi connectivity index (χ4v) is 2.02. The Morgan fingerprint density at radius 1 is 1.29 bits per heavy atom. The van der Waals surface area contributed by atoms with Crippen LogP contribution < -0.4 is 10.1 Å². The number of furan rings is 1. The maximum absolute atomic E-state index is 12.7.